The molecule has 1 N–H and O–H groups in total. The summed E-state index contributed by atoms with van der Waals surface area (Å²) < 4.78 is 0. The molecular weight excluding hydrogens is 190 g/mol. The first-order valence-electron chi connectivity index (χ1n) is 0.928. The molecule has 0 aromatic heterocycles. The van der Waals surface area contributed by atoms with E-state index in [1.54, 1.807) is 0 Å². The quantitative estimate of drug-likeness (QED) is 0.390. The number of rotatable bonds is 0. The molecule has 0 aliphatic carbocycles. The first-order valence-corrected chi connectivity index (χ1v) is 0.928. The van der Waals surface area contributed by atoms with Crippen LogP contribution in [0.4, 0.5) is 0 Å². The summed E-state index contributed by atoms with van der Waals surface area (Å²) in [5, 5.41) is 7.42. The van der Waals surface area contributed by atoms with Crippen molar-refractivity contribution in [3.05, 3.63) is 0 Å². The van der Waals surface area contributed by atoms with Crippen molar-refractivity contribution in [1.82, 2.24) is 0 Å². The van der Waals surface area contributed by atoms with Crippen LogP contribution < -0.4 is 54.4 Å². The maximum absolute atomic E-state index is 9.00. The van der Waals surface area contributed by atoms with Gasteiger partial charge in [0.05, 0.1) is 0 Å². The van der Waals surface area contributed by atoms with Gasteiger partial charge in [0.1, 0.15) is 0 Å². The van der Waals surface area contributed by atoms with Crippen molar-refractivity contribution in [2.24, 2.45) is 0 Å². The van der Waals surface area contributed by atoms with E-state index in [-0.39, 0.29) is 93.5 Å². The molecule has 0 aliphatic heterocycles. The van der Waals surface area contributed by atoms with E-state index in [0.29, 0.717) is 0 Å². The zero-order chi connectivity index (χ0) is 3.58. The van der Waals surface area contributed by atoms with Crippen LogP contribution in [0.2, 0.25) is 0 Å². The number of hydrogen-bond acceptors (Lipinski definition) is 1. The van der Waals surface area contributed by atoms with E-state index in [2.05, 4.69) is 0 Å². The Hall–Kier alpha value is 2.31. The van der Waals surface area contributed by atoms with Crippen molar-refractivity contribution < 1.29 is 65.7 Å². The van der Waals surface area contributed by atoms with E-state index in [0.717, 1.165) is 6.92 Å². The fourth-order valence-electron chi connectivity index (χ4n) is 0. The predicted molar refractivity (Wildman–Crippen MR) is 20.2 cm³/mol. The fourth-order valence-corrected chi connectivity index (χ4v) is 0. The Labute approximate surface area is 114 Å². The van der Waals surface area contributed by atoms with Crippen LogP contribution in [-0.2, 0) is 4.79 Å². The topological polar surface area (TPSA) is 37.3 Å². The van der Waals surface area contributed by atoms with Crippen LogP contribution in [-0.4, -0.2) is 48.8 Å². The first-order chi connectivity index (χ1) is 1.73. The molecule has 0 rings (SSSR count). The van der Waals surface area contributed by atoms with Crippen LogP contribution in [0.3, 0.4) is 0 Å². The number of carboxylic acid groups (broad SMARTS) is 1. The molecule has 0 fully saturated rings. The minimum atomic E-state index is -0.833. The van der Waals surface area contributed by atoms with Gasteiger partial charge >= 0.3 is 67.3 Å². The summed E-state index contributed by atoms with van der Waals surface area (Å²) in [6.07, 6.45) is 0. The Morgan fingerprint density at radius 3 is 1.50 bits per heavy atom. The average molecular weight is 195 g/mol. The third-order valence-corrected chi connectivity index (χ3v) is 0. The van der Waals surface area contributed by atoms with Crippen LogP contribution in [0.1, 0.15) is 8.35 Å². The largest absolute Gasteiger partial charge is 2.00 e. The SMILES string of the molecule is CC(=O)O.[Ca+2].[Cl-].[Cl-].[H-].[Na+]. The average Bonchev–Trinajstić information content (AvgIpc) is 0.811. The second-order valence-corrected chi connectivity index (χ2v) is 0.519. The van der Waals surface area contributed by atoms with Gasteiger partial charge in [-0.25, -0.2) is 0 Å². The van der Waals surface area contributed by atoms with Crippen LogP contribution in [0, 0.1) is 0 Å². The summed E-state index contributed by atoms with van der Waals surface area (Å²) >= 11 is 0. The van der Waals surface area contributed by atoms with E-state index < -0.39 is 5.97 Å². The molecule has 42 valence electrons. The smallest absolute Gasteiger partial charge is 1.00 e. The van der Waals surface area contributed by atoms with Gasteiger partial charge < -0.3 is 31.3 Å². The van der Waals surface area contributed by atoms with E-state index in [9.17, 15) is 0 Å². The van der Waals surface area contributed by atoms with Gasteiger partial charge in [0.25, 0.3) is 5.97 Å². The van der Waals surface area contributed by atoms with Crippen molar-refractivity contribution in [3.63, 3.8) is 0 Å². The molecule has 0 unspecified atom stereocenters. The Bertz CT molecular complexity index is 45.5. The Morgan fingerprint density at radius 1 is 1.50 bits per heavy atom. The summed E-state index contributed by atoms with van der Waals surface area (Å²) in [4.78, 5) is 9.00. The summed E-state index contributed by atoms with van der Waals surface area (Å²) in [7, 11) is 0. The summed E-state index contributed by atoms with van der Waals surface area (Å²) in [6, 6.07) is 0. The summed E-state index contributed by atoms with van der Waals surface area (Å²) in [6.45, 7) is 1.08. The molecule has 0 aromatic carbocycles. The molecule has 6 heteroatoms. The molecule has 0 saturated heterocycles. The zero-order valence-corrected chi connectivity index (χ0v) is 10.5. The molecule has 0 heterocycles. The Balaban J connectivity index is -0.00000000450. The maximum Gasteiger partial charge on any atom is 2.00 e. The van der Waals surface area contributed by atoms with Crippen LogP contribution >= 0.6 is 0 Å². The molecule has 0 spiro atoms. The van der Waals surface area contributed by atoms with Gasteiger partial charge in [0.15, 0.2) is 0 Å². The second kappa shape index (κ2) is 22.8. The molecule has 0 atom stereocenters. The van der Waals surface area contributed by atoms with Gasteiger partial charge in [-0.1, -0.05) is 0 Å². The molecule has 0 bridgehead atoms. The van der Waals surface area contributed by atoms with Crippen molar-refractivity contribution >= 4 is 43.7 Å². The van der Waals surface area contributed by atoms with Gasteiger partial charge in [0, 0.05) is 6.92 Å². The van der Waals surface area contributed by atoms with Gasteiger partial charge in [-0.15, -0.1) is 0 Å². The molecule has 0 amide bonds. The molecule has 0 aliphatic rings. The van der Waals surface area contributed by atoms with E-state index in [4.69, 9.17) is 9.90 Å². The third kappa shape index (κ3) is 83.2. The summed E-state index contributed by atoms with van der Waals surface area (Å²) in [5.41, 5.74) is 0. The maximum atomic E-state index is 9.00. The number of hydrogen-bond donors (Lipinski definition) is 1. The number of carboxylic acids is 1. The van der Waals surface area contributed by atoms with Crippen LogP contribution in [0.5, 0.6) is 0 Å². The minimum Gasteiger partial charge on any atom is -1.00 e. The van der Waals surface area contributed by atoms with E-state index in [1.165, 1.54) is 0 Å². The van der Waals surface area contributed by atoms with Gasteiger partial charge in [-0.3, -0.25) is 4.79 Å². The van der Waals surface area contributed by atoms with Crippen LogP contribution in [0.15, 0.2) is 0 Å². The zero-order valence-electron chi connectivity index (χ0n) is 5.82. The summed E-state index contributed by atoms with van der Waals surface area (Å²) in [5.74, 6) is -0.833. The molecular formula is C2H5CaCl2NaO2. The third-order valence-electron chi connectivity index (χ3n) is 0. The van der Waals surface area contributed by atoms with Crippen molar-refractivity contribution in [1.29, 1.82) is 0 Å². The predicted octanol–water partition coefficient (Wildman–Crippen LogP) is -9.17. The molecule has 0 saturated carbocycles. The van der Waals surface area contributed by atoms with Crippen LogP contribution in [0.25, 0.3) is 0 Å². The Kier molecular flexibility index (Phi) is 90.3. The van der Waals surface area contributed by atoms with Gasteiger partial charge in [0.2, 0.25) is 0 Å². The second-order valence-electron chi connectivity index (χ2n) is 0.519. The van der Waals surface area contributed by atoms with Crippen molar-refractivity contribution in [2.45, 2.75) is 6.92 Å². The number of carbonyl (C=O) groups is 1. The monoisotopic (exact) mass is 194 g/mol. The molecule has 8 heavy (non-hydrogen) atoms. The van der Waals surface area contributed by atoms with E-state index in [1.807, 2.05) is 0 Å². The standard InChI is InChI=1S/C2H4O2.Ca.2ClH.Na.H/c1-2(3)4;;;;;/h1H3,(H,3,4);;2*1H;;/q;+2;;;+1;-1/p-2. The van der Waals surface area contributed by atoms with E-state index >= 15 is 0 Å². The number of halogens is 2. The van der Waals surface area contributed by atoms with Crippen molar-refractivity contribution in [3.8, 4) is 0 Å². The minimum absolute atomic E-state index is 0. The Morgan fingerprint density at radius 2 is 1.50 bits per heavy atom. The molecule has 0 radical (unpaired) electrons. The van der Waals surface area contributed by atoms with Crippen molar-refractivity contribution in [2.75, 3.05) is 0 Å². The van der Waals surface area contributed by atoms with Gasteiger partial charge in [-0.2, -0.15) is 0 Å². The first kappa shape index (κ1) is 31.7. The fraction of sp³-hybridized carbons (Fsp3) is 0.500. The molecule has 0 aromatic rings. The normalized spacial score (nSPS) is 3.12. The molecule has 2 nitrogen and oxygen atoms in total. The number of aliphatic carboxylic acids is 1. The van der Waals surface area contributed by atoms with Gasteiger partial charge in [-0.05, 0) is 0 Å².